The number of hydrogen-bond acceptors (Lipinski definition) is 8. The zero-order chi connectivity index (χ0) is 26.1. The number of fused-ring (bicyclic) bond motifs is 4. The van der Waals surface area contributed by atoms with Gasteiger partial charge < -0.3 is 20.1 Å². The summed E-state index contributed by atoms with van der Waals surface area (Å²) in [6.45, 7) is 11.2. The van der Waals surface area contributed by atoms with Crippen molar-refractivity contribution in [3.05, 3.63) is 41.6 Å². The molecular weight excluding hydrogens is 496 g/mol. The van der Waals surface area contributed by atoms with Crippen molar-refractivity contribution in [1.29, 1.82) is 0 Å². The van der Waals surface area contributed by atoms with Crippen LogP contribution in [-0.4, -0.2) is 87.2 Å². The van der Waals surface area contributed by atoms with Crippen molar-refractivity contribution >= 4 is 41.4 Å². The van der Waals surface area contributed by atoms with E-state index >= 15 is 0 Å². The van der Waals surface area contributed by atoms with Gasteiger partial charge >= 0.3 is 0 Å². The zero-order valence-corrected chi connectivity index (χ0v) is 23.1. The third-order valence-corrected chi connectivity index (χ3v) is 9.72. The van der Waals surface area contributed by atoms with Crippen LogP contribution in [0.4, 0.5) is 5.95 Å². The number of aromatic nitrogens is 3. The molecule has 2 saturated heterocycles. The maximum Gasteiger partial charge on any atom is 0.268 e. The Morgan fingerprint density at radius 2 is 1.97 bits per heavy atom. The van der Waals surface area contributed by atoms with Gasteiger partial charge in [0.2, 0.25) is 5.95 Å². The first-order valence-corrected chi connectivity index (χ1v) is 15.1. The van der Waals surface area contributed by atoms with Crippen LogP contribution in [0.3, 0.4) is 0 Å². The molecule has 4 aliphatic rings. The predicted molar refractivity (Wildman–Crippen MR) is 155 cm³/mol. The number of nitrogens with one attached hydrogen (secondary N) is 2. The van der Waals surface area contributed by atoms with E-state index in [1.54, 1.807) is 6.20 Å². The summed E-state index contributed by atoms with van der Waals surface area (Å²) >= 11 is 2.08. The molecule has 2 aromatic heterocycles. The van der Waals surface area contributed by atoms with Gasteiger partial charge in [-0.2, -0.15) is 16.7 Å². The summed E-state index contributed by atoms with van der Waals surface area (Å²) < 4.78 is 2.17. The fourth-order valence-corrected chi connectivity index (χ4v) is 7.56. The Bertz CT molecular complexity index is 1260. The van der Waals surface area contributed by atoms with Crippen LogP contribution in [0.5, 0.6) is 0 Å². The first-order valence-electron chi connectivity index (χ1n) is 13.9. The van der Waals surface area contributed by atoms with Crippen molar-refractivity contribution in [2.45, 2.75) is 57.0 Å². The number of likely N-dealkylation sites (tertiary alicyclic amines) is 1. The van der Waals surface area contributed by atoms with Gasteiger partial charge in [0.05, 0.1) is 5.54 Å². The first-order chi connectivity index (χ1) is 18.6. The summed E-state index contributed by atoms with van der Waals surface area (Å²) in [5, 5.41) is 7.21. The lowest BCUT2D eigenvalue weighted by atomic mass is 9.94. The van der Waals surface area contributed by atoms with Gasteiger partial charge in [0.25, 0.3) is 5.91 Å². The fraction of sp³-hybridized carbons (Fsp3) is 0.571. The summed E-state index contributed by atoms with van der Waals surface area (Å²) in [6.07, 6.45) is 12.7. The normalized spacial score (nSPS) is 23.1. The molecule has 0 aromatic carbocycles. The minimum atomic E-state index is -0.0910. The molecule has 0 atom stereocenters. The zero-order valence-electron chi connectivity index (χ0n) is 22.3. The number of amides is 1. The van der Waals surface area contributed by atoms with Gasteiger partial charge in [0.1, 0.15) is 17.2 Å². The molecule has 3 fully saturated rings. The van der Waals surface area contributed by atoms with Crippen LogP contribution >= 0.6 is 11.8 Å². The molecule has 2 N–H and O–H groups in total. The molecule has 5 heterocycles. The van der Waals surface area contributed by atoms with Crippen molar-refractivity contribution in [3.8, 4) is 0 Å². The van der Waals surface area contributed by atoms with E-state index in [2.05, 4.69) is 66.5 Å². The van der Waals surface area contributed by atoms with Gasteiger partial charge in [-0.3, -0.25) is 9.69 Å². The second-order valence-electron chi connectivity index (χ2n) is 11.0. The number of carbonyl (C=O) groups is 1. The molecule has 202 valence electrons. The van der Waals surface area contributed by atoms with Crippen LogP contribution in [-0.2, 0) is 5.54 Å². The standard InChI is InChI=1S/C28H38N8OS/c1-20(34-11-7-22(8-12-34)35-13-15-38-16-14-35)5-6-24(29-2)32-27-30-18-21-17-23-26(37)31-19-28(9-3-4-10-28)36(23)25(21)33-27/h5-6,17-18,22H,2-4,7-16,19H2,1H3,(H,31,37)(H,30,32,33)/b20-5+,24-6+. The molecule has 1 spiro atoms. The van der Waals surface area contributed by atoms with Crippen molar-refractivity contribution in [3.63, 3.8) is 0 Å². The van der Waals surface area contributed by atoms with Crippen LogP contribution in [0.2, 0.25) is 0 Å². The monoisotopic (exact) mass is 534 g/mol. The van der Waals surface area contributed by atoms with Gasteiger partial charge in [-0.05, 0) is 57.5 Å². The summed E-state index contributed by atoms with van der Waals surface area (Å²) in [5.41, 5.74) is 2.62. The van der Waals surface area contributed by atoms with Gasteiger partial charge in [-0.25, -0.2) is 9.98 Å². The van der Waals surface area contributed by atoms with E-state index in [9.17, 15) is 4.79 Å². The second kappa shape index (κ2) is 10.7. The molecule has 1 aliphatic carbocycles. The topological polar surface area (TPSA) is 90.7 Å². The number of aliphatic imine (C=N–C) groups is 1. The summed E-state index contributed by atoms with van der Waals surface area (Å²) in [5.74, 6) is 3.57. The van der Waals surface area contributed by atoms with Crippen LogP contribution in [0.1, 0.15) is 55.9 Å². The van der Waals surface area contributed by atoms with Gasteiger partial charge in [0, 0.05) is 67.6 Å². The number of thioether (sulfide) groups is 1. The molecule has 1 saturated carbocycles. The Morgan fingerprint density at radius 3 is 2.71 bits per heavy atom. The average Bonchev–Trinajstić information content (AvgIpc) is 3.59. The molecule has 9 nitrogen and oxygen atoms in total. The van der Waals surface area contributed by atoms with Crippen LogP contribution in [0.25, 0.3) is 11.0 Å². The number of piperidine rings is 1. The molecule has 0 bridgehead atoms. The molecule has 0 radical (unpaired) electrons. The maximum atomic E-state index is 12.6. The van der Waals surface area contributed by atoms with E-state index < -0.39 is 0 Å². The largest absolute Gasteiger partial charge is 0.375 e. The van der Waals surface area contributed by atoms with E-state index in [-0.39, 0.29) is 11.4 Å². The highest BCUT2D eigenvalue weighted by Crippen LogP contribution is 2.41. The summed E-state index contributed by atoms with van der Waals surface area (Å²) in [4.78, 5) is 31.4. The highest BCUT2D eigenvalue weighted by molar-refractivity contribution is 7.99. The Labute approximate surface area is 228 Å². The van der Waals surface area contributed by atoms with E-state index in [4.69, 9.17) is 4.98 Å². The van der Waals surface area contributed by atoms with Gasteiger partial charge in [-0.15, -0.1) is 0 Å². The number of carbonyl (C=O) groups excluding carboxylic acids is 1. The van der Waals surface area contributed by atoms with Crippen molar-refractivity contribution in [2.24, 2.45) is 4.99 Å². The van der Waals surface area contributed by atoms with Crippen LogP contribution < -0.4 is 10.6 Å². The smallest absolute Gasteiger partial charge is 0.268 e. The summed E-state index contributed by atoms with van der Waals surface area (Å²) in [7, 11) is 0. The van der Waals surface area contributed by atoms with Gasteiger partial charge in [-0.1, -0.05) is 12.8 Å². The maximum absolute atomic E-state index is 12.6. The number of rotatable bonds is 6. The Hall–Kier alpha value is -2.85. The predicted octanol–water partition coefficient (Wildman–Crippen LogP) is 3.81. The minimum absolute atomic E-state index is 0.0389. The SMILES string of the molecule is C=N/C(=C\C=C(/C)N1CCC(N2CCSCC2)CC1)Nc1ncc2cc3n(c2n1)C1(CCCC1)CNC3=O. The summed E-state index contributed by atoms with van der Waals surface area (Å²) in [6, 6.07) is 2.64. The third-order valence-electron chi connectivity index (χ3n) is 8.78. The third kappa shape index (κ3) is 4.84. The average molecular weight is 535 g/mol. The van der Waals surface area contributed by atoms with Crippen LogP contribution in [0, 0.1) is 0 Å². The Morgan fingerprint density at radius 1 is 1.21 bits per heavy atom. The van der Waals surface area contributed by atoms with Crippen molar-refractivity contribution in [1.82, 2.24) is 29.7 Å². The number of nitrogens with zero attached hydrogens (tertiary/aromatic N) is 6. The number of anilines is 1. The highest BCUT2D eigenvalue weighted by Gasteiger charge is 2.42. The van der Waals surface area contributed by atoms with Gasteiger partial charge in [0.15, 0.2) is 0 Å². The lowest BCUT2D eigenvalue weighted by Crippen LogP contribution is -2.50. The second-order valence-corrected chi connectivity index (χ2v) is 12.2. The molecule has 3 aliphatic heterocycles. The van der Waals surface area contributed by atoms with Crippen LogP contribution in [0.15, 0.2) is 40.9 Å². The van der Waals surface area contributed by atoms with E-state index in [1.165, 1.54) is 56.0 Å². The number of allylic oxidation sites excluding steroid dienone is 3. The van der Waals surface area contributed by atoms with E-state index in [1.807, 2.05) is 12.1 Å². The fourth-order valence-electron chi connectivity index (χ4n) is 6.62. The molecule has 6 rings (SSSR count). The van der Waals surface area contributed by atoms with E-state index in [0.717, 1.165) is 43.0 Å². The van der Waals surface area contributed by atoms with Crippen molar-refractivity contribution < 1.29 is 4.79 Å². The minimum Gasteiger partial charge on any atom is -0.375 e. The highest BCUT2D eigenvalue weighted by atomic mass is 32.2. The molecule has 0 unspecified atom stereocenters. The molecule has 10 heteroatoms. The molecular formula is C28H38N8OS. The molecule has 38 heavy (non-hydrogen) atoms. The lowest BCUT2D eigenvalue weighted by molar-refractivity contribution is 0.0876. The Kier molecular flexibility index (Phi) is 7.18. The lowest BCUT2D eigenvalue weighted by Gasteiger charge is -2.41. The Balaban J connectivity index is 1.16. The molecule has 1 amide bonds. The van der Waals surface area contributed by atoms with Crippen molar-refractivity contribution in [2.75, 3.05) is 49.5 Å². The number of hydrogen-bond donors (Lipinski definition) is 2. The molecule has 2 aromatic rings. The quantitative estimate of drug-likeness (QED) is 0.430. The first kappa shape index (κ1) is 25.4. The van der Waals surface area contributed by atoms with E-state index in [0.29, 0.717) is 24.0 Å².